The van der Waals surface area contributed by atoms with E-state index in [4.69, 9.17) is 16.7 Å². The molecule has 1 unspecified atom stereocenters. The van der Waals surface area contributed by atoms with Crippen molar-refractivity contribution in [2.45, 2.75) is 20.3 Å². The number of nitrogens with zero attached hydrogens (tertiary/aromatic N) is 1. The molecule has 1 fully saturated rings. The van der Waals surface area contributed by atoms with Gasteiger partial charge < -0.3 is 10.0 Å². The molecule has 0 bridgehead atoms. The summed E-state index contributed by atoms with van der Waals surface area (Å²) in [6.07, 6.45) is 0.0403. The smallest absolute Gasteiger partial charge is 0.308 e. The predicted octanol–water partition coefficient (Wildman–Crippen LogP) is 2.39. The van der Waals surface area contributed by atoms with E-state index < -0.39 is 11.9 Å². The number of benzene rings is 1. The molecule has 1 atom stereocenters. The van der Waals surface area contributed by atoms with Crippen molar-refractivity contribution in [1.29, 1.82) is 0 Å². The SMILES string of the molecule is Cc1cc(Cl)c(N2CC(C(=O)O)CC2=O)cc1C. The zero-order chi connectivity index (χ0) is 13.4. The van der Waals surface area contributed by atoms with Crippen molar-refractivity contribution in [3.63, 3.8) is 0 Å². The van der Waals surface area contributed by atoms with Gasteiger partial charge in [0.15, 0.2) is 0 Å². The summed E-state index contributed by atoms with van der Waals surface area (Å²) in [4.78, 5) is 24.2. The topological polar surface area (TPSA) is 57.6 Å². The monoisotopic (exact) mass is 267 g/mol. The van der Waals surface area contributed by atoms with Crippen LogP contribution in [0, 0.1) is 19.8 Å². The van der Waals surface area contributed by atoms with E-state index in [9.17, 15) is 9.59 Å². The third-order valence-electron chi connectivity index (χ3n) is 3.33. The first-order chi connectivity index (χ1) is 8.40. The first kappa shape index (κ1) is 12.9. The Balaban J connectivity index is 2.35. The van der Waals surface area contributed by atoms with E-state index in [1.807, 2.05) is 19.9 Å². The first-order valence-corrected chi connectivity index (χ1v) is 6.08. The van der Waals surface area contributed by atoms with Crippen LogP contribution in [-0.4, -0.2) is 23.5 Å². The molecule has 1 aliphatic heterocycles. The highest BCUT2D eigenvalue weighted by Gasteiger charge is 2.35. The van der Waals surface area contributed by atoms with Crippen molar-refractivity contribution in [2.75, 3.05) is 11.4 Å². The van der Waals surface area contributed by atoms with E-state index in [1.54, 1.807) is 6.07 Å². The van der Waals surface area contributed by atoms with Gasteiger partial charge in [-0.15, -0.1) is 0 Å². The standard InChI is InChI=1S/C13H14ClNO3/c1-7-3-10(14)11(4-8(7)2)15-6-9(13(17)18)5-12(15)16/h3-4,9H,5-6H2,1-2H3,(H,17,18). The van der Waals surface area contributed by atoms with Crippen molar-refractivity contribution in [3.05, 3.63) is 28.3 Å². The number of carbonyl (C=O) groups is 2. The summed E-state index contributed by atoms with van der Waals surface area (Å²) < 4.78 is 0. The Bertz CT molecular complexity index is 527. The fraction of sp³-hybridized carbons (Fsp3) is 0.385. The lowest BCUT2D eigenvalue weighted by atomic mass is 10.1. The average molecular weight is 268 g/mol. The number of hydrogen-bond donors (Lipinski definition) is 1. The number of hydrogen-bond acceptors (Lipinski definition) is 2. The molecule has 96 valence electrons. The van der Waals surface area contributed by atoms with Crippen LogP contribution in [0.4, 0.5) is 5.69 Å². The third kappa shape index (κ3) is 2.20. The second-order valence-electron chi connectivity index (χ2n) is 4.63. The van der Waals surface area contributed by atoms with Gasteiger partial charge in [0.1, 0.15) is 0 Å². The van der Waals surface area contributed by atoms with Crippen LogP contribution in [0.3, 0.4) is 0 Å². The molecule has 0 spiro atoms. The molecule has 4 nitrogen and oxygen atoms in total. The minimum absolute atomic E-state index is 0.0403. The third-order valence-corrected chi connectivity index (χ3v) is 3.63. The van der Waals surface area contributed by atoms with Crippen molar-refractivity contribution in [2.24, 2.45) is 5.92 Å². The number of aliphatic carboxylic acids is 1. The van der Waals surface area contributed by atoms with E-state index in [2.05, 4.69) is 0 Å². The van der Waals surface area contributed by atoms with Crippen LogP contribution in [0.15, 0.2) is 12.1 Å². The van der Waals surface area contributed by atoms with Crippen LogP contribution in [0.2, 0.25) is 5.02 Å². The summed E-state index contributed by atoms with van der Waals surface area (Å²) in [7, 11) is 0. The lowest BCUT2D eigenvalue weighted by Gasteiger charge is -2.19. The van der Waals surface area contributed by atoms with Crippen molar-refractivity contribution in [3.8, 4) is 0 Å². The van der Waals surface area contributed by atoms with Crippen LogP contribution in [0.5, 0.6) is 0 Å². The minimum Gasteiger partial charge on any atom is -0.481 e. The molecule has 1 heterocycles. The molecule has 18 heavy (non-hydrogen) atoms. The Kier molecular flexibility index (Phi) is 3.30. The quantitative estimate of drug-likeness (QED) is 0.895. The molecule has 1 amide bonds. The molecule has 0 aromatic heterocycles. The van der Waals surface area contributed by atoms with E-state index in [0.717, 1.165) is 11.1 Å². The van der Waals surface area contributed by atoms with Gasteiger partial charge >= 0.3 is 5.97 Å². The summed E-state index contributed by atoms with van der Waals surface area (Å²) in [6.45, 7) is 4.07. The Labute approximate surface area is 110 Å². The zero-order valence-electron chi connectivity index (χ0n) is 10.2. The molecule has 0 saturated carbocycles. The summed E-state index contributed by atoms with van der Waals surface area (Å²) >= 11 is 6.13. The number of carboxylic acids is 1. The molecule has 0 radical (unpaired) electrons. The Morgan fingerprint density at radius 3 is 2.56 bits per heavy atom. The molecular formula is C13H14ClNO3. The van der Waals surface area contributed by atoms with Gasteiger partial charge in [0, 0.05) is 13.0 Å². The number of aryl methyl sites for hydroxylation is 2. The largest absolute Gasteiger partial charge is 0.481 e. The van der Waals surface area contributed by atoms with E-state index in [0.29, 0.717) is 10.7 Å². The van der Waals surface area contributed by atoms with Crippen LogP contribution >= 0.6 is 11.6 Å². The highest BCUT2D eigenvalue weighted by atomic mass is 35.5. The van der Waals surface area contributed by atoms with Gasteiger partial charge in [-0.1, -0.05) is 11.6 Å². The van der Waals surface area contributed by atoms with Crippen LogP contribution in [0.25, 0.3) is 0 Å². The fourth-order valence-corrected chi connectivity index (χ4v) is 2.40. The number of carbonyl (C=O) groups excluding carboxylic acids is 1. The van der Waals surface area contributed by atoms with Crippen molar-refractivity contribution >= 4 is 29.2 Å². The normalized spacial score (nSPS) is 19.4. The lowest BCUT2D eigenvalue weighted by molar-refractivity contribution is -0.141. The van der Waals surface area contributed by atoms with E-state index >= 15 is 0 Å². The van der Waals surface area contributed by atoms with Gasteiger partial charge in [0.2, 0.25) is 5.91 Å². The van der Waals surface area contributed by atoms with Crippen LogP contribution in [0.1, 0.15) is 17.5 Å². The maximum atomic E-state index is 11.8. The second kappa shape index (κ2) is 4.61. The molecule has 1 aromatic carbocycles. The molecule has 0 aliphatic carbocycles. The van der Waals surface area contributed by atoms with Crippen molar-refractivity contribution in [1.82, 2.24) is 0 Å². The molecule has 1 saturated heterocycles. The number of halogens is 1. The molecule has 1 aromatic rings. The van der Waals surface area contributed by atoms with Gasteiger partial charge in [0.25, 0.3) is 0 Å². The lowest BCUT2D eigenvalue weighted by Crippen LogP contribution is -2.26. The Morgan fingerprint density at radius 1 is 1.39 bits per heavy atom. The van der Waals surface area contributed by atoms with Gasteiger partial charge in [0.05, 0.1) is 16.6 Å². The second-order valence-corrected chi connectivity index (χ2v) is 5.04. The average Bonchev–Trinajstić information content (AvgIpc) is 2.66. The highest BCUT2D eigenvalue weighted by Crippen LogP contribution is 2.33. The molecule has 1 N–H and O–H groups in total. The molecule has 2 rings (SSSR count). The summed E-state index contributed by atoms with van der Waals surface area (Å²) in [6, 6.07) is 3.63. The van der Waals surface area contributed by atoms with Gasteiger partial charge in [-0.2, -0.15) is 0 Å². The van der Waals surface area contributed by atoms with Gasteiger partial charge in [-0.25, -0.2) is 0 Å². The number of carboxylic acid groups (broad SMARTS) is 1. The van der Waals surface area contributed by atoms with E-state index in [-0.39, 0.29) is 18.9 Å². The molecule has 1 aliphatic rings. The fourth-order valence-electron chi connectivity index (χ4n) is 2.08. The van der Waals surface area contributed by atoms with Crippen LogP contribution < -0.4 is 4.90 Å². The van der Waals surface area contributed by atoms with Gasteiger partial charge in [-0.3, -0.25) is 9.59 Å². The molecular weight excluding hydrogens is 254 g/mol. The first-order valence-electron chi connectivity index (χ1n) is 5.70. The Morgan fingerprint density at radius 2 is 2.00 bits per heavy atom. The summed E-state index contributed by atoms with van der Waals surface area (Å²) in [5, 5.41) is 9.44. The maximum Gasteiger partial charge on any atom is 0.308 e. The maximum absolute atomic E-state index is 11.8. The minimum atomic E-state index is -0.939. The number of anilines is 1. The van der Waals surface area contributed by atoms with Crippen LogP contribution in [-0.2, 0) is 9.59 Å². The number of rotatable bonds is 2. The predicted molar refractivity (Wildman–Crippen MR) is 69.0 cm³/mol. The molecule has 5 heteroatoms. The highest BCUT2D eigenvalue weighted by molar-refractivity contribution is 6.34. The summed E-state index contributed by atoms with van der Waals surface area (Å²) in [5.74, 6) is -1.77. The summed E-state index contributed by atoms with van der Waals surface area (Å²) in [5.41, 5.74) is 2.68. The Hall–Kier alpha value is -1.55. The number of amides is 1. The van der Waals surface area contributed by atoms with Crippen molar-refractivity contribution < 1.29 is 14.7 Å². The van der Waals surface area contributed by atoms with E-state index in [1.165, 1.54) is 4.90 Å². The van der Waals surface area contributed by atoms with Gasteiger partial charge in [-0.05, 0) is 37.1 Å². The zero-order valence-corrected chi connectivity index (χ0v) is 11.0.